The van der Waals surface area contributed by atoms with E-state index in [1.54, 1.807) is 0 Å². The molecule has 4 atom stereocenters. The Morgan fingerprint density at radius 2 is 1.57 bits per heavy atom. The second kappa shape index (κ2) is 13.2. The van der Waals surface area contributed by atoms with E-state index in [0.717, 1.165) is 4.90 Å². The molecular formula is C23H30N4O10. The number of likely N-dealkylation sites (tertiary alicyclic amines) is 1. The molecule has 4 unspecified atom stereocenters. The van der Waals surface area contributed by atoms with Gasteiger partial charge >= 0.3 is 17.9 Å². The average Bonchev–Trinajstić information content (AvgIpc) is 3.32. The van der Waals surface area contributed by atoms with Crippen LogP contribution in [0.4, 0.5) is 0 Å². The van der Waals surface area contributed by atoms with E-state index in [1.165, 1.54) is 24.3 Å². The van der Waals surface area contributed by atoms with Gasteiger partial charge in [-0.05, 0) is 37.0 Å². The van der Waals surface area contributed by atoms with Crippen molar-refractivity contribution in [1.82, 2.24) is 15.5 Å². The van der Waals surface area contributed by atoms with E-state index in [2.05, 4.69) is 10.6 Å². The first-order valence-corrected chi connectivity index (χ1v) is 11.5. The molecule has 1 heterocycles. The van der Waals surface area contributed by atoms with Gasteiger partial charge in [0.15, 0.2) is 0 Å². The molecule has 1 aromatic carbocycles. The first kappa shape index (κ1) is 29.0. The second-order valence-electron chi connectivity index (χ2n) is 8.66. The molecule has 0 aromatic heterocycles. The van der Waals surface area contributed by atoms with E-state index in [-0.39, 0.29) is 31.6 Å². The van der Waals surface area contributed by atoms with Gasteiger partial charge < -0.3 is 41.7 Å². The summed E-state index contributed by atoms with van der Waals surface area (Å²) in [5, 5.41) is 41.7. The molecule has 1 saturated heterocycles. The number of hydrogen-bond acceptors (Lipinski definition) is 8. The highest BCUT2D eigenvalue weighted by molar-refractivity contribution is 5.95. The lowest BCUT2D eigenvalue weighted by atomic mass is 10.0. The Balaban J connectivity index is 2.27. The number of carbonyl (C=O) groups excluding carboxylic acids is 3. The van der Waals surface area contributed by atoms with Gasteiger partial charge in [-0.2, -0.15) is 0 Å². The van der Waals surface area contributed by atoms with Crippen LogP contribution < -0.4 is 16.4 Å². The van der Waals surface area contributed by atoms with Gasteiger partial charge in [0.1, 0.15) is 23.9 Å². The van der Waals surface area contributed by atoms with Crippen molar-refractivity contribution in [3.05, 3.63) is 29.8 Å². The maximum Gasteiger partial charge on any atom is 0.326 e. The van der Waals surface area contributed by atoms with Crippen molar-refractivity contribution >= 4 is 35.6 Å². The van der Waals surface area contributed by atoms with Crippen molar-refractivity contribution in [1.29, 1.82) is 0 Å². The Hall–Kier alpha value is -4.20. The van der Waals surface area contributed by atoms with Crippen molar-refractivity contribution in [2.24, 2.45) is 5.73 Å². The molecule has 0 bridgehead atoms. The van der Waals surface area contributed by atoms with Gasteiger partial charge in [-0.3, -0.25) is 24.0 Å². The number of nitrogens with zero attached hydrogens (tertiary/aromatic N) is 1. The number of benzene rings is 1. The maximum absolute atomic E-state index is 13.2. The van der Waals surface area contributed by atoms with Gasteiger partial charge in [0.25, 0.3) is 0 Å². The highest BCUT2D eigenvalue weighted by atomic mass is 16.4. The van der Waals surface area contributed by atoms with Gasteiger partial charge in [-0.15, -0.1) is 0 Å². The molecule has 0 spiro atoms. The monoisotopic (exact) mass is 522 g/mol. The largest absolute Gasteiger partial charge is 0.508 e. The summed E-state index contributed by atoms with van der Waals surface area (Å²) in [6.07, 6.45) is -1.05. The summed E-state index contributed by atoms with van der Waals surface area (Å²) in [4.78, 5) is 73.5. The normalized spacial score (nSPS) is 17.3. The minimum absolute atomic E-state index is 0.0461. The van der Waals surface area contributed by atoms with Gasteiger partial charge in [0.05, 0.1) is 12.5 Å². The molecule has 0 saturated carbocycles. The fourth-order valence-electron chi connectivity index (χ4n) is 3.92. The number of hydrogen-bond donors (Lipinski definition) is 7. The summed E-state index contributed by atoms with van der Waals surface area (Å²) in [6.45, 7) is 0.118. The SMILES string of the molecule is NC(CC(=O)O)C(=O)NC(Cc1ccc(O)cc1)C(=O)NC(CCC(=O)O)C(=O)N1CCCC1C(=O)O. The summed E-state index contributed by atoms with van der Waals surface area (Å²) in [7, 11) is 0. The van der Waals surface area contributed by atoms with Crippen LogP contribution in [0.2, 0.25) is 0 Å². The van der Waals surface area contributed by atoms with Crippen LogP contribution >= 0.6 is 0 Å². The Kier molecular flexibility index (Phi) is 10.4. The number of rotatable bonds is 13. The molecular weight excluding hydrogens is 492 g/mol. The second-order valence-corrected chi connectivity index (χ2v) is 8.66. The van der Waals surface area contributed by atoms with E-state index >= 15 is 0 Å². The van der Waals surface area contributed by atoms with Crippen molar-refractivity contribution in [3.63, 3.8) is 0 Å². The summed E-state index contributed by atoms with van der Waals surface area (Å²) in [5.41, 5.74) is 6.09. The zero-order chi connectivity index (χ0) is 27.7. The Morgan fingerprint density at radius 3 is 2.14 bits per heavy atom. The minimum Gasteiger partial charge on any atom is -0.508 e. The fraction of sp³-hybridized carbons (Fsp3) is 0.478. The zero-order valence-electron chi connectivity index (χ0n) is 19.8. The van der Waals surface area contributed by atoms with Crippen LogP contribution in [0.25, 0.3) is 0 Å². The Bertz CT molecular complexity index is 1030. The third-order valence-corrected chi connectivity index (χ3v) is 5.82. The number of carboxylic acid groups (broad SMARTS) is 3. The quantitative estimate of drug-likeness (QED) is 0.160. The summed E-state index contributed by atoms with van der Waals surface area (Å²) < 4.78 is 0. The van der Waals surface area contributed by atoms with Crippen LogP contribution in [0, 0.1) is 0 Å². The first-order valence-electron chi connectivity index (χ1n) is 11.5. The molecule has 1 aliphatic rings. The number of nitrogens with one attached hydrogen (secondary N) is 2. The number of carbonyl (C=O) groups is 6. The molecule has 14 nitrogen and oxygen atoms in total. The first-order chi connectivity index (χ1) is 17.4. The number of amides is 3. The highest BCUT2D eigenvalue weighted by Gasteiger charge is 2.38. The molecule has 2 rings (SSSR count). The van der Waals surface area contributed by atoms with E-state index in [0.29, 0.717) is 12.0 Å². The number of aromatic hydroxyl groups is 1. The van der Waals surface area contributed by atoms with Crippen LogP contribution in [0.5, 0.6) is 5.75 Å². The highest BCUT2D eigenvalue weighted by Crippen LogP contribution is 2.20. The summed E-state index contributed by atoms with van der Waals surface area (Å²) in [5.74, 6) is -6.44. The van der Waals surface area contributed by atoms with Gasteiger partial charge in [-0.1, -0.05) is 12.1 Å². The lowest BCUT2D eigenvalue weighted by molar-refractivity contribution is -0.150. The predicted molar refractivity (Wildman–Crippen MR) is 125 cm³/mol. The third-order valence-electron chi connectivity index (χ3n) is 5.82. The van der Waals surface area contributed by atoms with Crippen molar-refractivity contribution in [2.45, 2.75) is 62.7 Å². The molecule has 0 aliphatic carbocycles. The topological polar surface area (TPSA) is 237 Å². The summed E-state index contributed by atoms with van der Waals surface area (Å²) >= 11 is 0. The van der Waals surface area contributed by atoms with Gasteiger partial charge in [0, 0.05) is 19.4 Å². The number of carboxylic acids is 3. The van der Waals surface area contributed by atoms with E-state index < -0.39 is 72.6 Å². The van der Waals surface area contributed by atoms with E-state index in [1.807, 2.05) is 0 Å². The minimum atomic E-state index is -1.47. The summed E-state index contributed by atoms with van der Waals surface area (Å²) in [6, 6.07) is 0.320. The zero-order valence-corrected chi connectivity index (χ0v) is 19.8. The molecule has 37 heavy (non-hydrogen) atoms. The van der Waals surface area contributed by atoms with Crippen LogP contribution in [-0.2, 0) is 35.2 Å². The van der Waals surface area contributed by atoms with Crippen molar-refractivity contribution in [2.75, 3.05) is 6.54 Å². The molecule has 14 heteroatoms. The molecule has 3 amide bonds. The molecule has 1 aliphatic heterocycles. The predicted octanol–water partition coefficient (Wildman–Crippen LogP) is -1.35. The van der Waals surface area contributed by atoms with E-state index in [9.17, 15) is 39.0 Å². The number of phenols is 1. The number of aliphatic carboxylic acids is 3. The molecule has 8 N–H and O–H groups in total. The van der Waals surface area contributed by atoms with Crippen molar-refractivity contribution < 1.29 is 49.2 Å². The van der Waals surface area contributed by atoms with Crippen molar-refractivity contribution in [3.8, 4) is 5.75 Å². The standard InChI is InChI=1S/C23H30N4O10/c24-14(11-19(31)32)20(33)26-16(10-12-3-5-13(28)6-4-12)21(34)25-15(7-8-18(29)30)22(35)27-9-1-2-17(27)23(36)37/h3-6,14-17,28H,1-2,7-11,24H2,(H,25,34)(H,26,33)(H,29,30)(H,31,32)(H,36,37). The van der Waals surface area contributed by atoms with Crippen LogP contribution in [-0.4, -0.2) is 91.7 Å². The maximum atomic E-state index is 13.2. The molecule has 0 radical (unpaired) electrons. The van der Waals surface area contributed by atoms with Crippen LogP contribution in [0.1, 0.15) is 37.7 Å². The Labute approximate surface area is 211 Å². The van der Waals surface area contributed by atoms with Gasteiger partial charge in [-0.25, -0.2) is 4.79 Å². The molecule has 202 valence electrons. The van der Waals surface area contributed by atoms with Crippen LogP contribution in [0.3, 0.4) is 0 Å². The fourth-order valence-corrected chi connectivity index (χ4v) is 3.92. The lowest BCUT2D eigenvalue weighted by Gasteiger charge is -2.29. The lowest BCUT2D eigenvalue weighted by Crippen LogP contribution is -2.57. The van der Waals surface area contributed by atoms with E-state index in [4.69, 9.17) is 15.9 Å². The molecule has 1 aromatic rings. The number of phenolic OH excluding ortho intramolecular Hbond substituents is 1. The number of nitrogens with two attached hydrogens (primary N) is 1. The average molecular weight is 523 g/mol. The van der Waals surface area contributed by atoms with Gasteiger partial charge in [0.2, 0.25) is 17.7 Å². The Morgan fingerprint density at radius 1 is 0.946 bits per heavy atom. The molecule has 1 fully saturated rings. The van der Waals surface area contributed by atoms with Crippen LogP contribution in [0.15, 0.2) is 24.3 Å². The smallest absolute Gasteiger partial charge is 0.326 e. The third kappa shape index (κ3) is 8.75.